The molecule has 0 bridgehead atoms. The Morgan fingerprint density at radius 1 is 1.28 bits per heavy atom. The zero-order valence-corrected chi connectivity index (χ0v) is 14.6. The molecule has 0 spiro atoms. The van der Waals surface area contributed by atoms with E-state index in [0.29, 0.717) is 12.5 Å². The maximum atomic E-state index is 13.4. The van der Waals surface area contributed by atoms with E-state index < -0.39 is 11.0 Å². The first kappa shape index (κ1) is 15.1. The Hall–Kier alpha value is -2.18. The van der Waals surface area contributed by atoms with Gasteiger partial charge < -0.3 is 10.1 Å². The van der Waals surface area contributed by atoms with Crippen LogP contribution in [0.2, 0.25) is 0 Å². The van der Waals surface area contributed by atoms with Crippen LogP contribution in [0.1, 0.15) is 23.5 Å². The molecule has 0 radical (unpaired) electrons. The molecule has 1 saturated heterocycles. The second-order valence-corrected chi connectivity index (χ2v) is 7.88. The van der Waals surface area contributed by atoms with Crippen molar-refractivity contribution in [1.29, 1.82) is 0 Å². The first-order valence-corrected chi connectivity index (χ1v) is 9.77. The van der Waals surface area contributed by atoms with Gasteiger partial charge in [-0.15, -0.1) is 0 Å². The molecule has 1 N–H and O–H groups in total. The Labute approximate surface area is 148 Å². The third kappa shape index (κ3) is 2.40. The molecular formula is C19H19N3O2S. The van der Waals surface area contributed by atoms with E-state index in [4.69, 9.17) is 4.74 Å². The molecule has 0 saturated carbocycles. The number of benzene rings is 1. The van der Waals surface area contributed by atoms with Gasteiger partial charge in [0.25, 0.3) is 0 Å². The minimum absolute atomic E-state index is 0.431. The van der Waals surface area contributed by atoms with Crippen LogP contribution >= 0.6 is 0 Å². The van der Waals surface area contributed by atoms with Crippen molar-refractivity contribution in [2.75, 3.05) is 19.7 Å². The number of hydrogen-bond acceptors (Lipinski definition) is 4. The minimum atomic E-state index is -1.31. The molecule has 3 aromatic rings. The van der Waals surface area contributed by atoms with E-state index >= 15 is 0 Å². The smallest absolute Gasteiger partial charge is 0.157 e. The number of nitrogens with one attached hydrogen (secondary N) is 1. The number of nitrogens with zero attached hydrogens (tertiary/aromatic N) is 2. The van der Waals surface area contributed by atoms with Gasteiger partial charge in [-0.3, -0.25) is 8.96 Å². The maximum absolute atomic E-state index is 13.4. The molecule has 2 aromatic heterocycles. The summed E-state index contributed by atoms with van der Waals surface area (Å²) in [4.78, 5) is 5.43. The molecule has 4 heterocycles. The predicted octanol–water partition coefficient (Wildman–Crippen LogP) is 2.62. The van der Waals surface area contributed by atoms with E-state index in [0.717, 1.165) is 53.2 Å². The molecule has 25 heavy (non-hydrogen) atoms. The topological polar surface area (TPSA) is 56.1 Å². The van der Waals surface area contributed by atoms with Gasteiger partial charge in [0.05, 0.1) is 22.5 Å². The zero-order chi connectivity index (χ0) is 16.8. The Balaban J connectivity index is 1.66. The van der Waals surface area contributed by atoms with Crippen molar-refractivity contribution < 1.29 is 8.95 Å². The SMILES string of the molecule is O=S(c1cccc2c1CCO2)n1cc(C2CCNC2)c2ncccc21. The lowest BCUT2D eigenvalue weighted by Gasteiger charge is -2.09. The maximum Gasteiger partial charge on any atom is 0.157 e. The fourth-order valence-electron chi connectivity index (χ4n) is 3.87. The lowest BCUT2D eigenvalue weighted by atomic mass is 10.0. The van der Waals surface area contributed by atoms with Crippen molar-refractivity contribution >= 4 is 22.0 Å². The van der Waals surface area contributed by atoms with Gasteiger partial charge in [-0.25, -0.2) is 4.21 Å². The largest absolute Gasteiger partial charge is 0.493 e. The molecule has 5 rings (SSSR count). The number of ether oxygens (including phenoxy) is 1. The summed E-state index contributed by atoms with van der Waals surface area (Å²) < 4.78 is 20.9. The summed E-state index contributed by atoms with van der Waals surface area (Å²) in [5.74, 6) is 1.29. The first-order chi connectivity index (χ1) is 12.3. The highest BCUT2D eigenvalue weighted by atomic mass is 32.2. The van der Waals surface area contributed by atoms with E-state index in [1.165, 1.54) is 5.56 Å². The Morgan fingerprint density at radius 3 is 3.12 bits per heavy atom. The average Bonchev–Trinajstić information content (AvgIpc) is 3.38. The molecule has 5 nitrogen and oxygen atoms in total. The predicted molar refractivity (Wildman–Crippen MR) is 97.4 cm³/mol. The van der Waals surface area contributed by atoms with E-state index in [9.17, 15) is 4.21 Å². The molecule has 2 unspecified atom stereocenters. The van der Waals surface area contributed by atoms with Crippen molar-refractivity contribution in [2.45, 2.75) is 23.7 Å². The van der Waals surface area contributed by atoms with Crippen molar-refractivity contribution in [3.05, 3.63) is 53.9 Å². The molecule has 0 aliphatic carbocycles. The van der Waals surface area contributed by atoms with Crippen LogP contribution in [0.3, 0.4) is 0 Å². The number of pyridine rings is 1. The number of fused-ring (bicyclic) bond motifs is 2. The van der Waals surface area contributed by atoms with Crippen molar-refractivity contribution in [2.24, 2.45) is 0 Å². The lowest BCUT2D eigenvalue weighted by molar-refractivity contribution is 0.357. The highest BCUT2D eigenvalue weighted by molar-refractivity contribution is 7.83. The van der Waals surface area contributed by atoms with E-state index in [2.05, 4.69) is 10.3 Å². The highest BCUT2D eigenvalue weighted by Crippen LogP contribution is 2.34. The number of hydrogen-bond donors (Lipinski definition) is 1. The molecule has 6 heteroatoms. The summed E-state index contributed by atoms with van der Waals surface area (Å²) in [7, 11) is -1.31. The second-order valence-electron chi connectivity index (χ2n) is 6.55. The van der Waals surface area contributed by atoms with Crippen LogP contribution in [-0.2, 0) is 17.4 Å². The van der Waals surface area contributed by atoms with Crippen LogP contribution in [-0.4, -0.2) is 32.9 Å². The van der Waals surface area contributed by atoms with Crippen LogP contribution in [0.4, 0.5) is 0 Å². The molecule has 128 valence electrons. The van der Waals surface area contributed by atoms with Gasteiger partial charge in [0.1, 0.15) is 5.75 Å². The van der Waals surface area contributed by atoms with Gasteiger partial charge in [-0.2, -0.15) is 0 Å². The average molecular weight is 353 g/mol. The highest BCUT2D eigenvalue weighted by Gasteiger charge is 2.26. The van der Waals surface area contributed by atoms with Crippen LogP contribution in [0, 0.1) is 0 Å². The van der Waals surface area contributed by atoms with Crippen LogP contribution in [0.5, 0.6) is 5.75 Å². The Kier molecular flexibility index (Phi) is 3.60. The molecule has 2 aliphatic heterocycles. The van der Waals surface area contributed by atoms with Gasteiger partial charge in [0, 0.05) is 42.4 Å². The summed E-state index contributed by atoms with van der Waals surface area (Å²) in [6.45, 7) is 2.64. The summed E-state index contributed by atoms with van der Waals surface area (Å²) in [6.07, 6.45) is 5.77. The third-order valence-corrected chi connectivity index (χ3v) is 6.54. The molecular weight excluding hydrogens is 334 g/mol. The van der Waals surface area contributed by atoms with Crippen molar-refractivity contribution in [3.8, 4) is 5.75 Å². The Morgan fingerprint density at radius 2 is 2.24 bits per heavy atom. The summed E-state index contributed by atoms with van der Waals surface area (Å²) in [5, 5.41) is 3.41. The molecule has 0 amide bonds. The number of aromatic nitrogens is 2. The molecule has 1 fully saturated rings. The summed E-state index contributed by atoms with van der Waals surface area (Å²) in [6, 6.07) is 9.73. The normalized spacial score (nSPS) is 20.6. The summed E-state index contributed by atoms with van der Waals surface area (Å²) >= 11 is 0. The molecule has 1 aromatic carbocycles. The van der Waals surface area contributed by atoms with E-state index in [1.54, 1.807) is 0 Å². The standard InChI is InChI=1S/C19H19N3O2S/c23-25(18-5-1-4-17-14(18)7-10-24-17)22-12-15(13-6-9-20-11-13)19-16(22)3-2-8-21-19/h1-5,8,12-13,20H,6-7,9-11H2. The first-order valence-electron chi connectivity index (χ1n) is 8.66. The fourth-order valence-corrected chi connectivity index (χ4v) is 5.23. The molecule has 2 atom stereocenters. The van der Waals surface area contributed by atoms with Crippen molar-refractivity contribution in [1.82, 2.24) is 14.3 Å². The quantitative estimate of drug-likeness (QED) is 0.786. The molecule has 2 aliphatic rings. The monoisotopic (exact) mass is 353 g/mol. The van der Waals surface area contributed by atoms with Gasteiger partial charge in [0.2, 0.25) is 0 Å². The summed E-state index contributed by atoms with van der Waals surface area (Å²) in [5.41, 5.74) is 4.15. The van der Waals surface area contributed by atoms with Gasteiger partial charge in [0.15, 0.2) is 11.0 Å². The van der Waals surface area contributed by atoms with Crippen LogP contribution in [0.15, 0.2) is 47.6 Å². The van der Waals surface area contributed by atoms with Gasteiger partial charge >= 0.3 is 0 Å². The van der Waals surface area contributed by atoms with Crippen LogP contribution < -0.4 is 10.1 Å². The Bertz CT molecular complexity index is 976. The van der Waals surface area contributed by atoms with Crippen molar-refractivity contribution in [3.63, 3.8) is 0 Å². The van der Waals surface area contributed by atoms with Gasteiger partial charge in [-0.05, 0) is 37.2 Å². The minimum Gasteiger partial charge on any atom is -0.493 e. The third-order valence-electron chi connectivity index (χ3n) is 5.12. The number of rotatable bonds is 3. The van der Waals surface area contributed by atoms with E-state index in [-0.39, 0.29) is 0 Å². The lowest BCUT2D eigenvalue weighted by Crippen LogP contribution is -2.08. The van der Waals surface area contributed by atoms with Gasteiger partial charge in [-0.1, -0.05) is 6.07 Å². The van der Waals surface area contributed by atoms with Crippen LogP contribution in [0.25, 0.3) is 11.0 Å². The van der Waals surface area contributed by atoms with E-state index in [1.807, 2.05) is 46.7 Å². The second kappa shape index (κ2) is 5.97. The zero-order valence-electron chi connectivity index (χ0n) is 13.8. The fraction of sp³-hybridized carbons (Fsp3) is 0.316.